The molecule has 1 heterocycles. The second-order valence-electron chi connectivity index (χ2n) is 6.74. The minimum atomic E-state index is -1.02. The van der Waals surface area contributed by atoms with Gasteiger partial charge in [-0.15, -0.1) is 0 Å². The summed E-state index contributed by atoms with van der Waals surface area (Å²) in [5.74, 6) is -3.03. The molecule has 0 spiro atoms. The molecule has 2 aromatic carbocycles. The Balaban J connectivity index is 2.48. The van der Waals surface area contributed by atoms with E-state index >= 15 is 0 Å². The van der Waals surface area contributed by atoms with E-state index in [1.807, 2.05) is 12.1 Å². The standard InChI is InChI=1S/C23H16Cl2N4O4/c1-32-22(30)18-17(13-6-4-3-5-7-13)14(11-27)21(28)29(20(18)23(31)33-2)19-15(24)8-12(10-26)9-16(19)25/h3-9,17H,28H2,1-2H3. The van der Waals surface area contributed by atoms with Crippen molar-refractivity contribution in [1.82, 2.24) is 0 Å². The third-order valence-electron chi connectivity index (χ3n) is 4.98. The van der Waals surface area contributed by atoms with Crippen molar-refractivity contribution < 1.29 is 19.1 Å². The third kappa shape index (κ3) is 4.10. The summed E-state index contributed by atoms with van der Waals surface area (Å²) in [6.07, 6.45) is 0. The lowest BCUT2D eigenvalue weighted by Crippen LogP contribution is -2.41. The van der Waals surface area contributed by atoms with Crippen molar-refractivity contribution in [2.24, 2.45) is 5.73 Å². The van der Waals surface area contributed by atoms with E-state index in [2.05, 4.69) is 0 Å². The van der Waals surface area contributed by atoms with Crippen molar-refractivity contribution >= 4 is 40.8 Å². The van der Waals surface area contributed by atoms with Gasteiger partial charge in [0, 0.05) is 0 Å². The van der Waals surface area contributed by atoms with Crippen LogP contribution in [-0.2, 0) is 19.1 Å². The first-order valence-corrected chi connectivity index (χ1v) is 10.1. The molecule has 10 heteroatoms. The van der Waals surface area contributed by atoms with Crippen molar-refractivity contribution in [2.45, 2.75) is 5.92 Å². The number of rotatable bonds is 4. The van der Waals surface area contributed by atoms with E-state index in [9.17, 15) is 20.1 Å². The molecule has 0 saturated heterocycles. The summed E-state index contributed by atoms with van der Waals surface area (Å²) in [5.41, 5.74) is 6.54. The highest BCUT2D eigenvalue weighted by molar-refractivity contribution is 6.39. The Kier molecular flexibility index (Phi) is 6.93. The van der Waals surface area contributed by atoms with Crippen LogP contribution in [0.25, 0.3) is 0 Å². The number of hydrogen-bond donors (Lipinski definition) is 1. The molecule has 33 heavy (non-hydrogen) atoms. The summed E-state index contributed by atoms with van der Waals surface area (Å²) < 4.78 is 9.91. The zero-order valence-corrected chi connectivity index (χ0v) is 18.9. The number of nitrogens with zero attached hydrogens (tertiary/aromatic N) is 3. The first-order chi connectivity index (χ1) is 15.8. The molecule has 0 bridgehead atoms. The number of halogens is 2. The number of nitriles is 2. The smallest absolute Gasteiger partial charge is 0.355 e. The van der Waals surface area contributed by atoms with Gasteiger partial charge in [0.1, 0.15) is 11.5 Å². The van der Waals surface area contributed by atoms with Crippen molar-refractivity contribution in [3.8, 4) is 12.1 Å². The maximum Gasteiger partial charge on any atom is 0.355 e. The Morgan fingerprint density at radius 3 is 2.06 bits per heavy atom. The number of carbonyl (C=O) groups excluding carboxylic acids is 2. The first kappa shape index (κ1) is 23.7. The largest absolute Gasteiger partial charge is 0.466 e. The van der Waals surface area contributed by atoms with Gasteiger partial charge in [0.05, 0.1) is 64.7 Å². The van der Waals surface area contributed by atoms with Crippen LogP contribution < -0.4 is 10.6 Å². The number of allylic oxidation sites excluding steroid dienone is 1. The second-order valence-corrected chi connectivity index (χ2v) is 7.55. The SMILES string of the molecule is COC(=O)C1=C(C(=O)OC)N(c2c(Cl)cc(C#N)cc2Cl)C(N)=C(C#N)C1c1ccccc1. The zero-order valence-electron chi connectivity index (χ0n) is 17.4. The molecule has 1 unspecified atom stereocenters. The Bertz CT molecular complexity index is 1270. The predicted octanol–water partition coefficient (Wildman–Crippen LogP) is 3.76. The van der Waals surface area contributed by atoms with Crippen LogP contribution in [-0.4, -0.2) is 26.2 Å². The Morgan fingerprint density at radius 2 is 1.58 bits per heavy atom. The van der Waals surface area contributed by atoms with Crippen LogP contribution in [0, 0.1) is 22.7 Å². The lowest BCUT2D eigenvalue weighted by molar-refractivity contribution is -0.139. The average molecular weight is 483 g/mol. The molecule has 166 valence electrons. The predicted molar refractivity (Wildman–Crippen MR) is 121 cm³/mol. The lowest BCUT2D eigenvalue weighted by atomic mass is 9.81. The summed E-state index contributed by atoms with van der Waals surface area (Å²) in [6.45, 7) is 0. The summed E-state index contributed by atoms with van der Waals surface area (Å²) in [7, 11) is 2.27. The van der Waals surface area contributed by atoms with Gasteiger partial charge in [-0.2, -0.15) is 10.5 Å². The number of methoxy groups -OCH3 is 2. The number of ether oxygens (including phenoxy) is 2. The molecule has 2 N–H and O–H groups in total. The van der Waals surface area contributed by atoms with Crippen molar-refractivity contribution in [2.75, 3.05) is 19.1 Å². The molecular weight excluding hydrogens is 467 g/mol. The molecule has 3 rings (SSSR count). The van der Waals surface area contributed by atoms with Gasteiger partial charge in [-0.3, -0.25) is 4.90 Å². The van der Waals surface area contributed by atoms with E-state index in [0.29, 0.717) is 5.56 Å². The molecule has 2 aromatic rings. The number of benzene rings is 2. The molecular formula is C23H16Cl2N4O4. The highest BCUT2D eigenvalue weighted by atomic mass is 35.5. The molecule has 0 fully saturated rings. The first-order valence-electron chi connectivity index (χ1n) is 9.35. The Morgan fingerprint density at radius 1 is 1.00 bits per heavy atom. The van der Waals surface area contributed by atoms with E-state index in [0.717, 1.165) is 19.1 Å². The Labute approximate surface area is 199 Å². The summed E-state index contributed by atoms with van der Waals surface area (Å²) in [6, 6.07) is 15.1. The van der Waals surface area contributed by atoms with Gasteiger partial charge in [-0.1, -0.05) is 53.5 Å². The second kappa shape index (κ2) is 9.66. The molecule has 0 radical (unpaired) electrons. The van der Waals surface area contributed by atoms with Crippen molar-refractivity contribution in [3.63, 3.8) is 0 Å². The van der Waals surface area contributed by atoms with E-state index < -0.39 is 17.9 Å². The van der Waals surface area contributed by atoms with Gasteiger partial charge >= 0.3 is 11.9 Å². The molecule has 1 aliphatic rings. The number of anilines is 1. The molecule has 1 atom stereocenters. The van der Waals surface area contributed by atoms with Crippen LogP contribution in [0.4, 0.5) is 5.69 Å². The van der Waals surface area contributed by atoms with E-state index in [1.165, 1.54) is 12.1 Å². The average Bonchev–Trinajstić information content (AvgIpc) is 2.83. The number of hydrogen-bond acceptors (Lipinski definition) is 8. The lowest BCUT2D eigenvalue weighted by Gasteiger charge is -2.36. The normalized spacial score (nSPS) is 15.6. The van der Waals surface area contributed by atoms with Gasteiger partial charge in [-0.25, -0.2) is 9.59 Å². The van der Waals surface area contributed by atoms with Crippen LogP contribution in [0.3, 0.4) is 0 Å². The maximum absolute atomic E-state index is 13.0. The third-order valence-corrected chi connectivity index (χ3v) is 5.56. The molecule has 1 aliphatic heterocycles. The van der Waals surface area contributed by atoms with Gasteiger partial charge in [-0.05, 0) is 17.7 Å². The molecule has 0 saturated carbocycles. The summed E-state index contributed by atoms with van der Waals surface area (Å²) in [4.78, 5) is 27.1. The van der Waals surface area contributed by atoms with E-state index in [-0.39, 0.29) is 44.0 Å². The van der Waals surface area contributed by atoms with E-state index in [4.69, 9.17) is 38.4 Å². The zero-order chi connectivity index (χ0) is 24.3. The fourth-order valence-electron chi connectivity index (χ4n) is 3.59. The minimum absolute atomic E-state index is 0.00380. The monoisotopic (exact) mass is 482 g/mol. The Hall–Kier alpha value is -3.98. The van der Waals surface area contributed by atoms with Crippen LogP contribution in [0.2, 0.25) is 10.0 Å². The van der Waals surface area contributed by atoms with Crippen LogP contribution >= 0.6 is 23.2 Å². The number of carbonyl (C=O) groups is 2. The van der Waals surface area contributed by atoms with Gasteiger partial charge in [0.15, 0.2) is 0 Å². The fourth-order valence-corrected chi connectivity index (χ4v) is 4.25. The van der Waals surface area contributed by atoms with Crippen LogP contribution in [0.5, 0.6) is 0 Å². The van der Waals surface area contributed by atoms with Crippen LogP contribution in [0.1, 0.15) is 17.0 Å². The maximum atomic E-state index is 13.0. The summed E-state index contributed by atoms with van der Waals surface area (Å²) in [5, 5.41) is 19.1. The highest BCUT2D eigenvalue weighted by Gasteiger charge is 2.44. The van der Waals surface area contributed by atoms with Gasteiger partial charge < -0.3 is 15.2 Å². The summed E-state index contributed by atoms with van der Waals surface area (Å²) >= 11 is 12.8. The minimum Gasteiger partial charge on any atom is -0.466 e. The molecule has 0 aromatic heterocycles. The molecule has 0 amide bonds. The molecule has 0 aliphatic carbocycles. The van der Waals surface area contributed by atoms with Crippen molar-refractivity contribution in [3.05, 3.63) is 86.3 Å². The molecule has 8 nitrogen and oxygen atoms in total. The van der Waals surface area contributed by atoms with Crippen molar-refractivity contribution in [1.29, 1.82) is 10.5 Å². The number of nitrogens with two attached hydrogens (primary N) is 1. The topological polar surface area (TPSA) is 129 Å². The highest BCUT2D eigenvalue weighted by Crippen LogP contribution is 2.46. The number of esters is 2. The van der Waals surface area contributed by atoms with Gasteiger partial charge in [0.2, 0.25) is 0 Å². The quantitative estimate of drug-likeness (QED) is 0.651. The van der Waals surface area contributed by atoms with Crippen LogP contribution in [0.15, 0.2) is 65.1 Å². The van der Waals surface area contributed by atoms with Gasteiger partial charge in [0.25, 0.3) is 0 Å². The fraction of sp³-hybridized carbons (Fsp3) is 0.130. The van der Waals surface area contributed by atoms with E-state index in [1.54, 1.807) is 30.3 Å².